The van der Waals surface area contributed by atoms with E-state index in [-0.39, 0.29) is 6.61 Å². The Bertz CT molecular complexity index is 404. The van der Waals surface area contributed by atoms with Crippen molar-refractivity contribution in [2.75, 3.05) is 13.2 Å². The molecule has 1 aromatic rings. The number of hydrogen-bond acceptors (Lipinski definition) is 3. The summed E-state index contributed by atoms with van der Waals surface area (Å²) in [5.74, 6) is 7.28. The minimum Gasteiger partial charge on any atom is -0.492 e. The predicted molar refractivity (Wildman–Crippen MR) is 72.4 cm³/mol. The van der Waals surface area contributed by atoms with Crippen LogP contribution in [0.2, 0.25) is 0 Å². The van der Waals surface area contributed by atoms with Gasteiger partial charge >= 0.3 is 0 Å². The van der Waals surface area contributed by atoms with Gasteiger partial charge in [0.2, 0.25) is 0 Å². The molecule has 0 saturated heterocycles. The van der Waals surface area contributed by atoms with Crippen molar-refractivity contribution in [3.8, 4) is 17.6 Å². The normalized spacial score (nSPS) is 10.0. The van der Waals surface area contributed by atoms with Gasteiger partial charge in [0.15, 0.2) is 0 Å². The lowest BCUT2D eigenvalue weighted by Crippen LogP contribution is -2.00. The molecular formula is C15H21NO2. The molecule has 0 saturated carbocycles. The van der Waals surface area contributed by atoms with E-state index in [2.05, 4.69) is 30.7 Å². The van der Waals surface area contributed by atoms with E-state index in [0.717, 1.165) is 17.7 Å². The maximum atomic E-state index is 8.64. The summed E-state index contributed by atoms with van der Waals surface area (Å²) in [4.78, 5) is 4.09. The van der Waals surface area contributed by atoms with Crippen molar-refractivity contribution in [2.45, 2.75) is 33.1 Å². The number of aliphatic hydroxyl groups excluding tert-OH is 1. The van der Waals surface area contributed by atoms with E-state index in [1.807, 2.05) is 6.07 Å². The van der Waals surface area contributed by atoms with Crippen molar-refractivity contribution < 1.29 is 9.84 Å². The first-order chi connectivity index (χ1) is 8.72. The Morgan fingerprint density at radius 2 is 2.22 bits per heavy atom. The molecule has 98 valence electrons. The Balaban J connectivity index is 2.42. The minimum absolute atomic E-state index is 0.0891. The fourth-order valence-corrected chi connectivity index (χ4v) is 1.47. The number of ether oxygens (including phenoxy) is 1. The molecule has 18 heavy (non-hydrogen) atoms. The molecule has 0 aliphatic heterocycles. The first-order valence-corrected chi connectivity index (χ1v) is 6.40. The van der Waals surface area contributed by atoms with Crippen LogP contribution in [0.1, 0.15) is 38.7 Å². The highest BCUT2D eigenvalue weighted by Gasteiger charge is 1.97. The molecule has 0 fully saturated rings. The van der Waals surface area contributed by atoms with E-state index in [4.69, 9.17) is 9.84 Å². The number of pyridine rings is 1. The van der Waals surface area contributed by atoms with E-state index >= 15 is 0 Å². The van der Waals surface area contributed by atoms with Crippen molar-refractivity contribution >= 4 is 0 Å². The summed E-state index contributed by atoms with van der Waals surface area (Å²) in [5, 5.41) is 8.64. The Labute approximate surface area is 109 Å². The Kier molecular flexibility index (Phi) is 6.90. The van der Waals surface area contributed by atoms with Crippen molar-refractivity contribution in [1.29, 1.82) is 0 Å². The highest BCUT2D eigenvalue weighted by Crippen LogP contribution is 2.12. The molecule has 0 aromatic carbocycles. The number of hydrogen-bond donors (Lipinski definition) is 1. The maximum Gasteiger partial charge on any atom is 0.138 e. The lowest BCUT2D eigenvalue weighted by atomic mass is 10.1. The van der Waals surface area contributed by atoms with Crippen LogP contribution in [0.5, 0.6) is 5.75 Å². The summed E-state index contributed by atoms with van der Waals surface area (Å²) in [6.45, 7) is 5.22. The van der Waals surface area contributed by atoms with Crippen LogP contribution in [0, 0.1) is 17.8 Å². The monoisotopic (exact) mass is 247 g/mol. The average Bonchev–Trinajstić information content (AvgIpc) is 2.35. The standard InChI is InChI=1S/C15H21NO2/c1-13(2)6-5-9-18-15-10-14(11-16-12-15)7-3-4-8-17/h10-13,17H,4-6,8-9H2,1-2H3. The Morgan fingerprint density at radius 3 is 2.94 bits per heavy atom. The van der Waals surface area contributed by atoms with Crippen LogP contribution in [-0.4, -0.2) is 23.3 Å². The third-order valence-electron chi connectivity index (χ3n) is 2.38. The molecule has 3 nitrogen and oxygen atoms in total. The van der Waals surface area contributed by atoms with Crippen molar-refractivity contribution in [3.05, 3.63) is 24.0 Å². The summed E-state index contributed by atoms with van der Waals surface area (Å²) in [7, 11) is 0. The van der Waals surface area contributed by atoms with E-state index in [1.165, 1.54) is 6.42 Å². The fourth-order valence-electron chi connectivity index (χ4n) is 1.47. The van der Waals surface area contributed by atoms with Crippen LogP contribution in [0.15, 0.2) is 18.5 Å². The van der Waals surface area contributed by atoms with Gasteiger partial charge in [0, 0.05) is 18.2 Å². The Hall–Kier alpha value is -1.53. The molecule has 1 heterocycles. The van der Waals surface area contributed by atoms with Gasteiger partial charge < -0.3 is 9.84 Å². The topological polar surface area (TPSA) is 42.4 Å². The maximum absolute atomic E-state index is 8.64. The number of aliphatic hydroxyl groups is 1. The second-order valence-electron chi connectivity index (χ2n) is 4.57. The minimum atomic E-state index is 0.0891. The summed E-state index contributed by atoms with van der Waals surface area (Å²) in [6, 6.07) is 1.88. The average molecular weight is 247 g/mol. The van der Waals surface area contributed by atoms with Gasteiger partial charge in [-0.2, -0.15) is 0 Å². The van der Waals surface area contributed by atoms with Gasteiger partial charge in [-0.1, -0.05) is 25.7 Å². The molecule has 1 rings (SSSR count). The fraction of sp³-hybridized carbons (Fsp3) is 0.533. The quantitative estimate of drug-likeness (QED) is 0.620. The molecule has 0 amide bonds. The molecule has 0 atom stereocenters. The SMILES string of the molecule is CC(C)CCCOc1cncc(C#CCCO)c1. The van der Waals surface area contributed by atoms with E-state index in [0.29, 0.717) is 18.9 Å². The van der Waals surface area contributed by atoms with Crippen molar-refractivity contribution in [2.24, 2.45) is 5.92 Å². The van der Waals surface area contributed by atoms with Gasteiger partial charge in [0.1, 0.15) is 5.75 Å². The van der Waals surface area contributed by atoms with Gasteiger partial charge in [-0.25, -0.2) is 0 Å². The van der Waals surface area contributed by atoms with Crippen molar-refractivity contribution in [3.63, 3.8) is 0 Å². The van der Waals surface area contributed by atoms with E-state index in [9.17, 15) is 0 Å². The zero-order valence-corrected chi connectivity index (χ0v) is 11.1. The molecule has 1 aromatic heterocycles. The van der Waals surface area contributed by atoms with E-state index < -0.39 is 0 Å². The zero-order chi connectivity index (χ0) is 13.2. The molecule has 0 aliphatic rings. The molecule has 0 radical (unpaired) electrons. The Morgan fingerprint density at radius 1 is 1.39 bits per heavy atom. The largest absolute Gasteiger partial charge is 0.492 e. The molecule has 0 aliphatic carbocycles. The first kappa shape index (κ1) is 14.5. The number of rotatable bonds is 6. The van der Waals surface area contributed by atoms with Crippen LogP contribution in [-0.2, 0) is 0 Å². The number of nitrogens with zero attached hydrogens (tertiary/aromatic N) is 1. The molecule has 0 bridgehead atoms. The van der Waals surface area contributed by atoms with E-state index in [1.54, 1.807) is 12.4 Å². The van der Waals surface area contributed by atoms with Gasteiger partial charge in [-0.05, 0) is 24.8 Å². The summed E-state index contributed by atoms with van der Waals surface area (Å²) in [5.41, 5.74) is 0.824. The van der Waals surface area contributed by atoms with Crippen molar-refractivity contribution in [1.82, 2.24) is 4.98 Å². The lowest BCUT2D eigenvalue weighted by Gasteiger charge is -2.07. The molecule has 0 unspecified atom stereocenters. The van der Waals surface area contributed by atoms with Crippen LogP contribution < -0.4 is 4.74 Å². The lowest BCUT2D eigenvalue weighted by molar-refractivity contribution is 0.296. The second-order valence-corrected chi connectivity index (χ2v) is 4.57. The van der Waals surface area contributed by atoms with Gasteiger partial charge in [0.05, 0.1) is 19.4 Å². The highest BCUT2D eigenvalue weighted by molar-refractivity contribution is 5.36. The predicted octanol–water partition coefficient (Wildman–Crippen LogP) is 2.63. The molecular weight excluding hydrogens is 226 g/mol. The summed E-state index contributed by atoms with van der Waals surface area (Å²) >= 11 is 0. The molecule has 1 N–H and O–H groups in total. The molecule has 0 spiro atoms. The van der Waals surface area contributed by atoms with Crippen LogP contribution >= 0.6 is 0 Å². The van der Waals surface area contributed by atoms with Gasteiger partial charge in [0.25, 0.3) is 0 Å². The van der Waals surface area contributed by atoms with Gasteiger partial charge in [-0.3, -0.25) is 4.98 Å². The van der Waals surface area contributed by atoms with Crippen LogP contribution in [0.4, 0.5) is 0 Å². The third-order valence-corrected chi connectivity index (χ3v) is 2.38. The summed E-state index contributed by atoms with van der Waals surface area (Å²) < 4.78 is 5.62. The summed E-state index contributed by atoms with van der Waals surface area (Å²) in [6.07, 6.45) is 6.11. The van der Waals surface area contributed by atoms with Gasteiger partial charge in [-0.15, -0.1) is 0 Å². The smallest absolute Gasteiger partial charge is 0.138 e. The number of aromatic nitrogens is 1. The first-order valence-electron chi connectivity index (χ1n) is 6.40. The second kappa shape index (κ2) is 8.54. The third kappa shape index (κ3) is 6.27. The zero-order valence-electron chi connectivity index (χ0n) is 11.1. The van der Waals surface area contributed by atoms with Crippen LogP contribution in [0.3, 0.4) is 0 Å². The molecule has 3 heteroatoms. The highest BCUT2D eigenvalue weighted by atomic mass is 16.5. The van der Waals surface area contributed by atoms with Crippen LogP contribution in [0.25, 0.3) is 0 Å².